The number of nitrogens with zero attached hydrogens (tertiary/aromatic N) is 3. The highest BCUT2D eigenvalue weighted by Crippen LogP contribution is 2.33. The molecule has 2 heterocycles. The molecule has 5 nitrogen and oxygen atoms in total. The molecule has 4 rings (SSSR count). The molecular weight excluding hydrogens is 418 g/mol. The summed E-state index contributed by atoms with van der Waals surface area (Å²) in [5, 5.41) is 8.17. The number of aryl methyl sites for hydroxylation is 3. The largest absolute Gasteiger partial charge is 0.332 e. The van der Waals surface area contributed by atoms with Gasteiger partial charge in [0.15, 0.2) is 0 Å². The minimum Gasteiger partial charge on any atom is -0.332 e. The van der Waals surface area contributed by atoms with Gasteiger partial charge < -0.3 is 4.90 Å². The van der Waals surface area contributed by atoms with E-state index in [0.717, 1.165) is 16.8 Å². The molecule has 0 bridgehead atoms. The maximum atomic E-state index is 13.3. The lowest BCUT2D eigenvalue weighted by Gasteiger charge is -2.24. The predicted molar refractivity (Wildman–Crippen MR) is 129 cm³/mol. The van der Waals surface area contributed by atoms with E-state index in [2.05, 4.69) is 56.3 Å². The van der Waals surface area contributed by atoms with Crippen LogP contribution < -0.4 is 0 Å². The molecule has 2 amide bonds. The lowest BCUT2D eigenvalue weighted by Crippen LogP contribution is -2.39. The van der Waals surface area contributed by atoms with Crippen LogP contribution in [0, 0.1) is 20.8 Å². The van der Waals surface area contributed by atoms with Crippen LogP contribution >= 0.6 is 11.3 Å². The molecule has 3 aromatic rings. The number of carbonyl (C=O) groups is 2. The zero-order valence-electron chi connectivity index (χ0n) is 18.8. The summed E-state index contributed by atoms with van der Waals surface area (Å²) in [6, 6.07) is 17.9. The number of likely N-dealkylation sites (N-methyl/N-ethyl adjacent to an activating group) is 1. The Morgan fingerprint density at radius 2 is 1.81 bits per heavy atom. The summed E-state index contributed by atoms with van der Waals surface area (Å²) in [4.78, 5) is 28.0. The van der Waals surface area contributed by atoms with Crippen molar-refractivity contribution in [2.45, 2.75) is 33.2 Å². The minimum absolute atomic E-state index is 0.0250. The molecule has 0 unspecified atom stereocenters. The van der Waals surface area contributed by atoms with Crippen LogP contribution in [0.25, 0.3) is 0 Å². The summed E-state index contributed by atoms with van der Waals surface area (Å²) < 4.78 is 0. The van der Waals surface area contributed by atoms with Crippen molar-refractivity contribution in [3.05, 3.63) is 92.7 Å². The van der Waals surface area contributed by atoms with Crippen molar-refractivity contribution in [1.29, 1.82) is 0 Å². The van der Waals surface area contributed by atoms with Gasteiger partial charge in [-0.15, -0.1) is 11.3 Å². The Morgan fingerprint density at radius 1 is 1.06 bits per heavy atom. The molecule has 1 atom stereocenters. The number of rotatable bonds is 5. The Bertz CT molecular complexity index is 1170. The van der Waals surface area contributed by atoms with E-state index in [1.807, 2.05) is 18.4 Å². The second-order valence-corrected chi connectivity index (χ2v) is 9.30. The lowest BCUT2D eigenvalue weighted by molar-refractivity contribution is -0.133. The minimum atomic E-state index is -0.193. The third-order valence-electron chi connectivity index (χ3n) is 5.92. The first-order valence-electron chi connectivity index (χ1n) is 10.7. The number of thiophene rings is 1. The van der Waals surface area contributed by atoms with Crippen molar-refractivity contribution in [3.63, 3.8) is 0 Å². The van der Waals surface area contributed by atoms with Crippen LogP contribution in [-0.2, 0) is 4.79 Å². The second kappa shape index (κ2) is 9.09. The topological polar surface area (TPSA) is 53.0 Å². The number of benzene rings is 2. The molecule has 1 aliphatic heterocycles. The summed E-state index contributed by atoms with van der Waals surface area (Å²) >= 11 is 1.37. The molecule has 0 spiro atoms. The molecule has 0 saturated carbocycles. The standard InChI is InChI=1S/C26H27N3O2S/c1-17-7-10-20(11-8-17)23-15-22(21-12-9-18(2)19(3)14-21)27-29(23)25(30)16-28(4)26(31)24-6-5-13-32-24/h5-14,23H,15-16H2,1-4H3/t23-/m1/s1. The highest BCUT2D eigenvalue weighted by molar-refractivity contribution is 7.12. The van der Waals surface area contributed by atoms with Gasteiger partial charge in [-0.1, -0.05) is 48.0 Å². The number of amides is 2. The van der Waals surface area contributed by atoms with Crippen molar-refractivity contribution in [3.8, 4) is 0 Å². The second-order valence-electron chi connectivity index (χ2n) is 8.35. The van der Waals surface area contributed by atoms with Gasteiger partial charge in [0.25, 0.3) is 11.8 Å². The Balaban J connectivity index is 1.61. The van der Waals surface area contributed by atoms with Gasteiger partial charge in [-0.25, -0.2) is 5.01 Å². The first-order valence-corrected chi connectivity index (χ1v) is 11.5. The Labute approximate surface area is 193 Å². The normalized spacial score (nSPS) is 15.6. The third-order valence-corrected chi connectivity index (χ3v) is 6.78. The van der Waals surface area contributed by atoms with Crippen LogP contribution in [0.5, 0.6) is 0 Å². The van der Waals surface area contributed by atoms with Crippen LogP contribution in [0.15, 0.2) is 65.1 Å². The molecule has 0 aliphatic carbocycles. The highest BCUT2D eigenvalue weighted by atomic mass is 32.1. The third kappa shape index (κ3) is 4.50. The average Bonchev–Trinajstić information content (AvgIpc) is 3.46. The number of hydrogen-bond donors (Lipinski definition) is 0. The fourth-order valence-electron chi connectivity index (χ4n) is 3.82. The van der Waals surface area contributed by atoms with Crippen LogP contribution in [0.2, 0.25) is 0 Å². The summed E-state index contributed by atoms with van der Waals surface area (Å²) in [5.41, 5.74) is 6.55. The lowest BCUT2D eigenvalue weighted by atomic mass is 9.96. The molecule has 1 aromatic heterocycles. The average molecular weight is 446 g/mol. The summed E-state index contributed by atoms with van der Waals surface area (Å²) in [6.45, 7) is 6.19. The van der Waals surface area contributed by atoms with Crippen molar-refractivity contribution < 1.29 is 9.59 Å². The van der Waals surface area contributed by atoms with Gasteiger partial charge >= 0.3 is 0 Å². The van der Waals surface area contributed by atoms with E-state index in [0.29, 0.717) is 11.3 Å². The first-order chi connectivity index (χ1) is 15.3. The van der Waals surface area contributed by atoms with E-state index in [1.165, 1.54) is 32.9 Å². The van der Waals surface area contributed by atoms with Crippen LogP contribution in [-0.4, -0.2) is 41.0 Å². The summed E-state index contributed by atoms with van der Waals surface area (Å²) in [6.07, 6.45) is 0.639. The van der Waals surface area contributed by atoms with Gasteiger partial charge in [0, 0.05) is 13.5 Å². The number of hydrogen-bond acceptors (Lipinski definition) is 4. The monoisotopic (exact) mass is 445 g/mol. The molecule has 0 saturated heterocycles. The van der Waals surface area contributed by atoms with Gasteiger partial charge in [0.05, 0.1) is 16.6 Å². The Kier molecular flexibility index (Phi) is 6.24. The Hall–Kier alpha value is -3.25. The van der Waals surface area contributed by atoms with Crippen LogP contribution in [0.1, 0.15) is 50.0 Å². The predicted octanol–water partition coefficient (Wildman–Crippen LogP) is 5.12. The molecular formula is C26H27N3O2S. The number of hydrazone groups is 1. The molecule has 0 N–H and O–H groups in total. The molecule has 1 aliphatic rings. The fraction of sp³-hybridized carbons (Fsp3) is 0.269. The molecule has 164 valence electrons. The molecule has 32 heavy (non-hydrogen) atoms. The molecule has 6 heteroatoms. The summed E-state index contributed by atoms with van der Waals surface area (Å²) in [7, 11) is 1.66. The van der Waals surface area contributed by atoms with Gasteiger partial charge in [0.2, 0.25) is 0 Å². The van der Waals surface area contributed by atoms with E-state index >= 15 is 0 Å². The number of carbonyl (C=O) groups excluding carboxylic acids is 2. The van der Waals surface area contributed by atoms with Gasteiger partial charge in [-0.05, 0) is 60.5 Å². The summed E-state index contributed by atoms with van der Waals surface area (Å²) in [5.74, 6) is -0.348. The van der Waals surface area contributed by atoms with Gasteiger partial charge in [-0.3, -0.25) is 9.59 Å². The van der Waals surface area contributed by atoms with E-state index in [4.69, 9.17) is 5.10 Å². The van der Waals surface area contributed by atoms with Crippen molar-refractivity contribution in [2.75, 3.05) is 13.6 Å². The van der Waals surface area contributed by atoms with E-state index in [-0.39, 0.29) is 24.4 Å². The molecule has 0 fully saturated rings. The SMILES string of the molecule is Cc1ccc([C@H]2CC(c3ccc(C)c(C)c3)=NN2C(=O)CN(C)C(=O)c2cccs2)cc1. The quantitative estimate of drug-likeness (QED) is 0.547. The zero-order chi connectivity index (χ0) is 22.8. The Morgan fingerprint density at radius 3 is 2.47 bits per heavy atom. The first kappa shape index (κ1) is 22.0. The van der Waals surface area contributed by atoms with Gasteiger partial charge in [-0.2, -0.15) is 5.10 Å². The van der Waals surface area contributed by atoms with E-state index in [1.54, 1.807) is 18.1 Å². The molecule has 0 radical (unpaired) electrons. The van der Waals surface area contributed by atoms with Gasteiger partial charge in [0.1, 0.15) is 6.54 Å². The van der Waals surface area contributed by atoms with Crippen molar-refractivity contribution >= 4 is 28.9 Å². The van der Waals surface area contributed by atoms with Crippen molar-refractivity contribution in [2.24, 2.45) is 5.10 Å². The van der Waals surface area contributed by atoms with Crippen molar-refractivity contribution in [1.82, 2.24) is 9.91 Å². The maximum absolute atomic E-state index is 13.3. The van der Waals surface area contributed by atoms with Crippen LogP contribution in [0.4, 0.5) is 0 Å². The molecule has 2 aromatic carbocycles. The van der Waals surface area contributed by atoms with Crippen LogP contribution in [0.3, 0.4) is 0 Å². The maximum Gasteiger partial charge on any atom is 0.264 e. The fourth-order valence-corrected chi connectivity index (χ4v) is 4.54. The zero-order valence-corrected chi connectivity index (χ0v) is 19.6. The smallest absolute Gasteiger partial charge is 0.264 e. The van der Waals surface area contributed by atoms with E-state index < -0.39 is 0 Å². The van der Waals surface area contributed by atoms with E-state index in [9.17, 15) is 9.59 Å². The highest BCUT2D eigenvalue weighted by Gasteiger charge is 2.34.